The van der Waals surface area contributed by atoms with Gasteiger partial charge in [0.15, 0.2) is 17.5 Å². The van der Waals surface area contributed by atoms with E-state index in [1.165, 1.54) is 0 Å². The molecular weight excluding hydrogens is 318 g/mol. The van der Waals surface area contributed by atoms with E-state index in [2.05, 4.69) is 22.5 Å². The molecule has 0 bridgehead atoms. The summed E-state index contributed by atoms with van der Waals surface area (Å²) in [5.41, 5.74) is 1.06. The van der Waals surface area contributed by atoms with E-state index in [4.69, 9.17) is 13.9 Å². The zero-order valence-electron chi connectivity index (χ0n) is 15.2. The number of rotatable bonds is 9. The van der Waals surface area contributed by atoms with Crippen LogP contribution in [0.3, 0.4) is 0 Å². The monoisotopic (exact) mass is 345 g/mol. The summed E-state index contributed by atoms with van der Waals surface area (Å²) in [4.78, 5) is 4.65. The van der Waals surface area contributed by atoms with Gasteiger partial charge in [0, 0.05) is 19.5 Å². The van der Waals surface area contributed by atoms with Gasteiger partial charge in [0.05, 0.1) is 27.0 Å². The molecule has 0 aliphatic rings. The number of methoxy groups -OCH3 is 2. The molecule has 25 heavy (non-hydrogen) atoms. The maximum atomic E-state index is 5.35. The van der Waals surface area contributed by atoms with Crippen molar-refractivity contribution in [2.45, 2.75) is 26.3 Å². The molecule has 0 radical (unpaired) electrons. The molecule has 0 fully saturated rings. The van der Waals surface area contributed by atoms with Gasteiger partial charge in [0.1, 0.15) is 5.76 Å². The van der Waals surface area contributed by atoms with Crippen LogP contribution >= 0.6 is 0 Å². The molecule has 1 heterocycles. The Morgan fingerprint density at radius 3 is 2.56 bits per heavy atom. The molecule has 2 rings (SSSR count). The number of furan rings is 1. The average molecular weight is 345 g/mol. The Morgan fingerprint density at radius 1 is 1.08 bits per heavy atom. The first-order valence-corrected chi connectivity index (χ1v) is 8.52. The minimum absolute atomic E-state index is 0.556. The maximum Gasteiger partial charge on any atom is 0.191 e. The van der Waals surface area contributed by atoms with E-state index < -0.39 is 0 Å². The minimum Gasteiger partial charge on any atom is -0.493 e. The van der Waals surface area contributed by atoms with E-state index in [1.54, 1.807) is 20.5 Å². The highest BCUT2D eigenvalue weighted by atomic mass is 16.5. The van der Waals surface area contributed by atoms with Crippen molar-refractivity contribution in [3.63, 3.8) is 0 Å². The van der Waals surface area contributed by atoms with Gasteiger partial charge in [-0.2, -0.15) is 0 Å². The summed E-state index contributed by atoms with van der Waals surface area (Å²) < 4.78 is 16.0. The van der Waals surface area contributed by atoms with Gasteiger partial charge >= 0.3 is 0 Å². The second-order valence-corrected chi connectivity index (χ2v) is 5.54. The summed E-state index contributed by atoms with van der Waals surface area (Å²) in [5.74, 6) is 3.19. The summed E-state index contributed by atoms with van der Waals surface area (Å²) in [7, 11) is 3.26. The highest BCUT2D eigenvalue weighted by Crippen LogP contribution is 2.27. The molecule has 0 aliphatic heterocycles. The minimum atomic E-state index is 0.556. The molecule has 0 aliphatic carbocycles. The van der Waals surface area contributed by atoms with E-state index in [0.717, 1.165) is 49.0 Å². The Kier molecular flexibility index (Phi) is 7.69. The largest absolute Gasteiger partial charge is 0.493 e. The number of benzene rings is 1. The Balaban J connectivity index is 1.96. The van der Waals surface area contributed by atoms with Crippen molar-refractivity contribution in [3.05, 3.63) is 47.9 Å². The third-order valence-corrected chi connectivity index (χ3v) is 3.65. The Morgan fingerprint density at radius 2 is 1.88 bits per heavy atom. The second kappa shape index (κ2) is 10.3. The zero-order chi connectivity index (χ0) is 17.9. The number of nitrogens with zero attached hydrogens (tertiary/aromatic N) is 1. The van der Waals surface area contributed by atoms with Crippen molar-refractivity contribution in [2.75, 3.05) is 27.3 Å². The standard InChI is InChI=1S/C19H27N3O3/c1-4-10-20-19(21-11-9-16-6-5-12-25-16)22-14-15-7-8-17(23-2)18(13-15)24-3/h5-8,12-13H,4,9-11,14H2,1-3H3,(H2,20,21,22). The van der Waals surface area contributed by atoms with Crippen LogP contribution in [0.1, 0.15) is 24.7 Å². The quantitative estimate of drug-likeness (QED) is 0.540. The lowest BCUT2D eigenvalue weighted by Crippen LogP contribution is -2.38. The van der Waals surface area contributed by atoms with Gasteiger partial charge in [0.2, 0.25) is 0 Å². The maximum absolute atomic E-state index is 5.35. The van der Waals surface area contributed by atoms with Gasteiger partial charge in [-0.3, -0.25) is 0 Å². The van der Waals surface area contributed by atoms with Gasteiger partial charge in [-0.25, -0.2) is 4.99 Å². The van der Waals surface area contributed by atoms with E-state index in [1.807, 2.05) is 30.3 Å². The Hall–Kier alpha value is -2.63. The van der Waals surface area contributed by atoms with Gasteiger partial charge < -0.3 is 24.5 Å². The molecule has 1 aromatic carbocycles. The summed E-state index contributed by atoms with van der Waals surface area (Å²) in [6.07, 6.45) is 3.54. The smallest absolute Gasteiger partial charge is 0.191 e. The molecule has 0 spiro atoms. The second-order valence-electron chi connectivity index (χ2n) is 5.54. The lowest BCUT2D eigenvalue weighted by Gasteiger charge is -2.12. The van der Waals surface area contributed by atoms with Crippen LogP contribution in [-0.2, 0) is 13.0 Å². The summed E-state index contributed by atoms with van der Waals surface area (Å²) in [5, 5.41) is 6.66. The van der Waals surface area contributed by atoms with Crippen molar-refractivity contribution < 1.29 is 13.9 Å². The topological polar surface area (TPSA) is 68.0 Å². The highest BCUT2D eigenvalue weighted by Gasteiger charge is 2.05. The van der Waals surface area contributed by atoms with Crippen LogP contribution in [0.15, 0.2) is 46.0 Å². The van der Waals surface area contributed by atoms with Gasteiger partial charge in [-0.05, 0) is 36.2 Å². The predicted octanol–water partition coefficient (Wildman–Crippen LogP) is 2.98. The molecule has 0 amide bonds. The van der Waals surface area contributed by atoms with Gasteiger partial charge in [-0.15, -0.1) is 0 Å². The normalized spacial score (nSPS) is 11.2. The molecule has 6 heteroatoms. The molecule has 0 unspecified atom stereocenters. The van der Waals surface area contributed by atoms with E-state index in [-0.39, 0.29) is 0 Å². The third-order valence-electron chi connectivity index (χ3n) is 3.65. The number of ether oxygens (including phenoxy) is 2. The summed E-state index contributed by atoms with van der Waals surface area (Å²) in [6, 6.07) is 9.71. The Bertz CT molecular complexity index is 654. The van der Waals surface area contributed by atoms with Crippen molar-refractivity contribution in [1.82, 2.24) is 10.6 Å². The molecular formula is C19H27N3O3. The molecule has 0 saturated carbocycles. The molecule has 0 atom stereocenters. The molecule has 0 saturated heterocycles. The average Bonchev–Trinajstić information content (AvgIpc) is 3.16. The van der Waals surface area contributed by atoms with E-state index in [0.29, 0.717) is 12.3 Å². The molecule has 6 nitrogen and oxygen atoms in total. The zero-order valence-corrected chi connectivity index (χ0v) is 15.2. The van der Waals surface area contributed by atoms with Crippen LogP contribution in [-0.4, -0.2) is 33.3 Å². The summed E-state index contributed by atoms with van der Waals surface area (Å²) >= 11 is 0. The number of hydrogen-bond donors (Lipinski definition) is 2. The number of aliphatic imine (C=N–C) groups is 1. The first kappa shape index (κ1) is 18.7. The van der Waals surface area contributed by atoms with Gasteiger partial charge in [-0.1, -0.05) is 13.0 Å². The van der Waals surface area contributed by atoms with Crippen LogP contribution in [0.2, 0.25) is 0 Å². The van der Waals surface area contributed by atoms with Gasteiger partial charge in [0.25, 0.3) is 0 Å². The van der Waals surface area contributed by atoms with Crippen molar-refractivity contribution in [2.24, 2.45) is 4.99 Å². The fourth-order valence-electron chi connectivity index (χ4n) is 2.33. The van der Waals surface area contributed by atoms with Crippen LogP contribution in [0, 0.1) is 0 Å². The van der Waals surface area contributed by atoms with Crippen molar-refractivity contribution in [1.29, 1.82) is 0 Å². The first-order chi connectivity index (χ1) is 12.3. The van der Waals surface area contributed by atoms with Crippen molar-refractivity contribution in [3.8, 4) is 11.5 Å². The lowest BCUT2D eigenvalue weighted by atomic mass is 10.2. The SMILES string of the molecule is CCCNC(=NCc1ccc(OC)c(OC)c1)NCCc1ccco1. The highest BCUT2D eigenvalue weighted by molar-refractivity contribution is 5.79. The van der Waals surface area contributed by atoms with E-state index >= 15 is 0 Å². The molecule has 2 N–H and O–H groups in total. The lowest BCUT2D eigenvalue weighted by molar-refractivity contribution is 0.354. The van der Waals surface area contributed by atoms with Crippen LogP contribution < -0.4 is 20.1 Å². The first-order valence-electron chi connectivity index (χ1n) is 8.52. The van der Waals surface area contributed by atoms with Crippen LogP contribution in [0.4, 0.5) is 0 Å². The molecule has 1 aromatic heterocycles. The van der Waals surface area contributed by atoms with Crippen molar-refractivity contribution >= 4 is 5.96 Å². The fourth-order valence-corrected chi connectivity index (χ4v) is 2.33. The summed E-state index contributed by atoms with van der Waals surface area (Å²) in [6.45, 7) is 4.31. The third kappa shape index (κ3) is 6.06. The number of guanidine groups is 1. The predicted molar refractivity (Wildman–Crippen MR) is 99.4 cm³/mol. The van der Waals surface area contributed by atoms with E-state index in [9.17, 15) is 0 Å². The number of hydrogen-bond acceptors (Lipinski definition) is 4. The number of nitrogens with one attached hydrogen (secondary N) is 2. The molecule has 136 valence electrons. The van der Waals surface area contributed by atoms with Crippen LogP contribution in [0.25, 0.3) is 0 Å². The van der Waals surface area contributed by atoms with Crippen LogP contribution in [0.5, 0.6) is 11.5 Å². The molecule has 2 aromatic rings. The fraction of sp³-hybridized carbons (Fsp3) is 0.421. The Labute approximate surface area is 149 Å².